The van der Waals surface area contributed by atoms with Crippen LogP contribution in [0.3, 0.4) is 0 Å². The third-order valence-electron chi connectivity index (χ3n) is 4.21. The first-order valence-corrected chi connectivity index (χ1v) is 7.80. The Hall–Kier alpha value is -0.350. The molecule has 2 rings (SSSR count). The SMILES string of the molecule is Cc1nn(C)c(CN[C@@H](C)C2CCCCC2)c1Br. The maximum Gasteiger partial charge on any atom is 0.0739 e. The monoisotopic (exact) mass is 313 g/mol. The zero-order valence-electron chi connectivity index (χ0n) is 11.7. The van der Waals surface area contributed by atoms with Gasteiger partial charge in [0, 0.05) is 19.6 Å². The van der Waals surface area contributed by atoms with Crippen molar-refractivity contribution in [3.05, 3.63) is 15.9 Å². The highest BCUT2D eigenvalue weighted by molar-refractivity contribution is 9.10. The Balaban J connectivity index is 1.90. The van der Waals surface area contributed by atoms with Gasteiger partial charge in [-0.2, -0.15) is 5.10 Å². The van der Waals surface area contributed by atoms with E-state index in [-0.39, 0.29) is 0 Å². The van der Waals surface area contributed by atoms with Crippen molar-refractivity contribution < 1.29 is 0 Å². The minimum absolute atomic E-state index is 0.604. The van der Waals surface area contributed by atoms with Gasteiger partial charge in [-0.15, -0.1) is 0 Å². The average molecular weight is 314 g/mol. The first-order chi connectivity index (χ1) is 8.59. The molecule has 0 aromatic carbocycles. The summed E-state index contributed by atoms with van der Waals surface area (Å²) in [5.41, 5.74) is 2.31. The van der Waals surface area contributed by atoms with Crippen molar-refractivity contribution in [2.24, 2.45) is 13.0 Å². The summed E-state index contributed by atoms with van der Waals surface area (Å²) < 4.78 is 3.12. The van der Waals surface area contributed by atoms with Crippen LogP contribution in [0, 0.1) is 12.8 Å². The van der Waals surface area contributed by atoms with E-state index in [0.29, 0.717) is 6.04 Å². The summed E-state index contributed by atoms with van der Waals surface area (Å²) in [6.07, 6.45) is 7.02. The Kier molecular flexibility index (Phi) is 4.84. The van der Waals surface area contributed by atoms with Gasteiger partial charge in [0.15, 0.2) is 0 Å². The van der Waals surface area contributed by atoms with Crippen molar-refractivity contribution >= 4 is 15.9 Å². The number of nitrogens with one attached hydrogen (secondary N) is 1. The Morgan fingerprint density at radius 3 is 2.61 bits per heavy atom. The van der Waals surface area contributed by atoms with Crippen molar-refractivity contribution in [2.45, 2.75) is 58.5 Å². The molecule has 0 radical (unpaired) electrons. The summed E-state index contributed by atoms with van der Waals surface area (Å²) in [5, 5.41) is 8.10. The minimum Gasteiger partial charge on any atom is -0.308 e. The quantitative estimate of drug-likeness (QED) is 0.921. The van der Waals surface area contributed by atoms with Gasteiger partial charge in [-0.1, -0.05) is 19.3 Å². The number of nitrogens with zero attached hydrogens (tertiary/aromatic N) is 2. The Bertz CT molecular complexity index is 394. The van der Waals surface area contributed by atoms with Crippen LogP contribution >= 0.6 is 15.9 Å². The summed E-state index contributed by atoms with van der Waals surface area (Å²) >= 11 is 3.62. The molecule has 1 fully saturated rings. The number of hydrogen-bond donors (Lipinski definition) is 1. The Morgan fingerprint density at radius 2 is 2.06 bits per heavy atom. The molecule has 0 bridgehead atoms. The van der Waals surface area contributed by atoms with Crippen LogP contribution in [0.1, 0.15) is 50.4 Å². The minimum atomic E-state index is 0.604. The molecule has 0 aliphatic heterocycles. The molecule has 0 unspecified atom stereocenters. The van der Waals surface area contributed by atoms with Crippen molar-refractivity contribution in [1.29, 1.82) is 0 Å². The molecule has 0 amide bonds. The summed E-state index contributed by atoms with van der Waals surface area (Å²) in [6, 6.07) is 0.604. The maximum absolute atomic E-state index is 4.43. The molecule has 1 heterocycles. The summed E-state index contributed by atoms with van der Waals surface area (Å²) in [5.74, 6) is 0.854. The molecular weight excluding hydrogens is 290 g/mol. The number of aryl methyl sites for hydroxylation is 2. The van der Waals surface area contributed by atoms with Crippen LogP contribution in [-0.4, -0.2) is 15.8 Å². The number of hydrogen-bond acceptors (Lipinski definition) is 2. The lowest BCUT2D eigenvalue weighted by atomic mass is 9.84. The van der Waals surface area contributed by atoms with E-state index >= 15 is 0 Å². The molecule has 18 heavy (non-hydrogen) atoms. The lowest BCUT2D eigenvalue weighted by molar-refractivity contribution is 0.279. The molecule has 0 spiro atoms. The van der Waals surface area contributed by atoms with E-state index in [1.165, 1.54) is 37.8 Å². The predicted molar refractivity (Wildman–Crippen MR) is 78.5 cm³/mol. The molecule has 4 heteroatoms. The van der Waals surface area contributed by atoms with Crippen molar-refractivity contribution in [3.8, 4) is 0 Å². The molecular formula is C14H24BrN3. The second-order valence-electron chi connectivity index (χ2n) is 5.54. The van der Waals surface area contributed by atoms with Crippen molar-refractivity contribution in [2.75, 3.05) is 0 Å². The molecule has 1 aromatic heterocycles. The lowest BCUT2D eigenvalue weighted by Gasteiger charge is -2.28. The van der Waals surface area contributed by atoms with E-state index in [0.717, 1.165) is 22.6 Å². The fourth-order valence-corrected chi connectivity index (χ4v) is 3.41. The van der Waals surface area contributed by atoms with Crippen LogP contribution in [0.2, 0.25) is 0 Å². The molecule has 1 N–H and O–H groups in total. The van der Waals surface area contributed by atoms with Gasteiger partial charge >= 0.3 is 0 Å². The number of rotatable bonds is 4. The van der Waals surface area contributed by atoms with Crippen molar-refractivity contribution in [3.63, 3.8) is 0 Å². The number of aromatic nitrogens is 2. The highest BCUT2D eigenvalue weighted by Crippen LogP contribution is 2.27. The van der Waals surface area contributed by atoms with Gasteiger partial charge in [-0.25, -0.2) is 0 Å². The summed E-state index contributed by atoms with van der Waals surface area (Å²) in [6.45, 7) is 5.26. The normalized spacial score (nSPS) is 19.1. The number of halogens is 1. The van der Waals surface area contributed by atoms with E-state index < -0.39 is 0 Å². The van der Waals surface area contributed by atoms with E-state index in [9.17, 15) is 0 Å². The van der Waals surface area contributed by atoms with Gasteiger partial charge in [0.05, 0.1) is 15.9 Å². The fourth-order valence-electron chi connectivity index (χ4n) is 2.93. The Morgan fingerprint density at radius 1 is 1.39 bits per heavy atom. The first-order valence-electron chi connectivity index (χ1n) is 7.01. The molecule has 1 aromatic rings. The average Bonchev–Trinajstić information content (AvgIpc) is 2.62. The van der Waals surface area contributed by atoms with Gasteiger partial charge in [-0.3, -0.25) is 4.68 Å². The molecule has 0 saturated heterocycles. The van der Waals surface area contributed by atoms with E-state index in [1.807, 2.05) is 18.7 Å². The van der Waals surface area contributed by atoms with Crippen LogP contribution in [0.5, 0.6) is 0 Å². The standard InChI is InChI=1S/C14H24BrN3/c1-10(12-7-5-4-6-8-12)16-9-13-14(15)11(2)17-18(13)3/h10,12,16H,4-9H2,1-3H3/t10-/m0/s1. The maximum atomic E-state index is 4.43. The van der Waals surface area contributed by atoms with Crippen molar-refractivity contribution in [1.82, 2.24) is 15.1 Å². The molecule has 102 valence electrons. The predicted octanol–water partition coefficient (Wildman–Crippen LogP) is 3.55. The third kappa shape index (κ3) is 3.15. The van der Waals surface area contributed by atoms with Gasteiger partial charge in [0.1, 0.15) is 0 Å². The van der Waals surface area contributed by atoms with E-state index in [2.05, 4.69) is 33.3 Å². The molecule has 1 saturated carbocycles. The van der Waals surface area contributed by atoms with Gasteiger partial charge in [-0.05, 0) is 48.5 Å². The fraction of sp³-hybridized carbons (Fsp3) is 0.786. The van der Waals surface area contributed by atoms with Gasteiger partial charge in [0.25, 0.3) is 0 Å². The zero-order valence-corrected chi connectivity index (χ0v) is 13.3. The summed E-state index contributed by atoms with van der Waals surface area (Å²) in [7, 11) is 2.01. The lowest BCUT2D eigenvalue weighted by Crippen LogP contribution is -2.34. The molecule has 1 aliphatic rings. The Labute approximate surface area is 118 Å². The zero-order chi connectivity index (χ0) is 13.1. The first kappa shape index (κ1) is 14.1. The van der Waals surface area contributed by atoms with Crippen LogP contribution in [0.15, 0.2) is 4.47 Å². The topological polar surface area (TPSA) is 29.9 Å². The van der Waals surface area contributed by atoms with E-state index in [4.69, 9.17) is 0 Å². The van der Waals surface area contributed by atoms with Crippen LogP contribution in [-0.2, 0) is 13.6 Å². The van der Waals surface area contributed by atoms with Gasteiger partial charge in [0.2, 0.25) is 0 Å². The van der Waals surface area contributed by atoms with Crippen LogP contribution < -0.4 is 5.32 Å². The van der Waals surface area contributed by atoms with Crippen LogP contribution in [0.4, 0.5) is 0 Å². The molecule has 3 nitrogen and oxygen atoms in total. The second-order valence-corrected chi connectivity index (χ2v) is 6.33. The smallest absolute Gasteiger partial charge is 0.0739 e. The molecule has 1 aliphatic carbocycles. The van der Waals surface area contributed by atoms with Crippen LogP contribution in [0.25, 0.3) is 0 Å². The van der Waals surface area contributed by atoms with Gasteiger partial charge < -0.3 is 5.32 Å². The third-order valence-corrected chi connectivity index (χ3v) is 5.24. The highest BCUT2D eigenvalue weighted by Gasteiger charge is 2.20. The highest BCUT2D eigenvalue weighted by atomic mass is 79.9. The second kappa shape index (κ2) is 6.20. The molecule has 1 atom stereocenters. The summed E-state index contributed by atoms with van der Waals surface area (Å²) in [4.78, 5) is 0. The van der Waals surface area contributed by atoms with E-state index in [1.54, 1.807) is 0 Å². The largest absolute Gasteiger partial charge is 0.308 e.